The van der Waals surface area contributed by atoms with E-state index in [0.29, 0.717) is 46.9 Å². The van der Waals surface area contributed by atoms with Gasteiger partial charge in [0.25, 0.3) is 0 Å². The largest absolute Gasteiger partial charge is 0.490 e. The molecule has 7 nitrogen and oxygen atoms in total. The number of fused-ring (bicyclic) bond motifs is 2. The van der Waals surface area contributed by atoms with E-state index in [1.807, 2.05) is 52.3 Å². The van der Waals surface area contributed by atoms with Crippen LogP contribution in [0.15, 0.2) is 12.1 Å². The number of halogens is 1. The van der Waals surface area contributed by atoms with Crippen molar-refractivity contribution in [1.29, 1.82) is 0 Å². The van der Waals surface area contributed by atoms with E-state index in [1.165, 1.54) is 13.2 Å². The van der Waals surface area contributed by atoms with Gasteiger partial charge in [-0.05, 0) is 70.7 Å². The monoisotopic (exact) mass is 483 g/mol. The van der Waals surface area contributed by atoms with Crippen molar-refractivity contribution in [2.24, 2.45) is 12.8 Å². The molecule has 1 aliphatic rings. The molecule has 0 aliphatic carbocycles. The highest BCUT2D eigenvalue weighted by Gasteiger charge is 2.35. The number of nitrogens with zero attached hydrogens (tertiary/aromatic N) is 2. The van der Waals surface area contributed by atoms with Crippen molar-refractivity contribution in [3.8, 4) is 16.9 Å². The zero-order valence-electron chi connectivity index (χ0n) is 21.5. The van der Waals surface area contributed by atoms with Crippen LogP contribution in [-0.4, -0.2) is 34.8 Å². The molecule has 8 heteroatoms. The van der Waals surface area contributed by atoms with Crippen molar-refractivity contribution in [2.45, 2.75) is 65.7 Å². The van der Waals surface area contributed by atoms with Crippen LogP contribution >= 0.6 is 0 Å². The maximum Gasteiger partial charge on any atom is 0.339 e. The van der Waals surface area contributed by atoms with E-state index < -0.39 is 23.5 Å². The third-order valence-corrected chi connectivity index (χ3v) is 6.57. The van der Waals surface area contributed by atoms with Crippen molar-refractivity contribution >= 4 is 17.0 Å². The Labute approximate surface area is 205 Å². The van der Waals surface area contributed by atoms with Crippen molar-refractivity contribution < 1.29 is 23.4 Å². The number of nitrogens with two attached hydrogens (primary N) is 1. The highest BCUT2D eigenvalue weighted by Crippen LogP contribution is 2.44. The number of esters is 1. The minimum absolute atomic E-state index is 0.310. The predicted octanol–water partition coefficient (Wildman–Crippen LogP) is 4.81. The molecule has 35 heavy (non-hydrogen) atoms. The van der Waals surface area contributed by atoms with E-state index in [-0.39, 0.29) is 0 Å². The molecule has 0 bridgehead atoms. The number of aromatic nitrogens is 2. The van der Waals surface area contributed by atoms with E-state index in [0.717, 1.165) is 35.0 Å². The molecule has 1 aliphatic heterocycles. The number of ether oxygens (including phenoxy) is 3. The molecule has 0 spiro atoms. The van der Waals surface area contributed by atoms with Crippen molar-refractivity contribution in [2.75, 3.05) is 13.7 Å². The number of hydrogen-bond acceptors (Lipinski definition) is 6. The van der Waals surface area contributed by atoms with Gasteiger partial charge in [0.05, 0.1) is 19.3 Å². The number of benzene rings is 1. The molecule has 4 rings (SSSR count). The Bertz CT molecular complexity index is 1310. The lowest BCUT2D eigenvalue weighted by molar-refractivity contribution is -0.164. The minimum atomic E-state index is -1.05. The van der Waals surface area contributed by atoms with Gasteiger partial charge in [0, 0.05) is 47.1 Å². The number of carbonyl (C=O) groups is 1. The fraction of sp³-hybridized carbons (Fsp3) is 0.481. The summed E-state index contributed by atoms with van der Waals surface area (Å²) in [4.78, 5) is 17.9. The van der Waals surface area contributed by atoms with Crippen LogP contribution in [0.2, 0.25) is 0 Å². The zero-order valence-corrected chi connectivity index (χ0v) is 21.5. The third kappa shape index (κ3) is 4.41. The maximum atomic E-state index is 15.4. The van der Waals surface area contributed by atoms with Gasteiger partial charge in [-0.1, -0.05) is 0 Å². The van der Waals surface area contributed by atoms with Crippen molar-refractivity contribution in [3.63, 3.8) is 0 Å². The summed E-state index contributed by atoms with van der Waals surface area (Å²) >= 11 is 0. The van der Waals surface area contributed by atoms with Crippen LogP contribution in [-0.2, 0) is 34.3 Å². The van der Waals surface area contributed by atoms with Gasteiger partial charge < -0.3 is 24.5 Å². The summed E-state index contributed by atoms with van der Waals surface area (Å²) in [7, 11) is 3.23. The first-order valence-electron chi connectivity index (χ1n) is 11.9. The molecule has 0 saturated heterocycles. The van der Waals surface area contributed by atoms with Gasteiger partial charge in [0.15, 0.2) is 17.7 Å². The standard InChI is InChI=1S/C27H34FN3O4/c1-14-17-9-8-10-34-23(17)20(28)12-18(14)22-19-11-16(13-29)31(6)25(19)30-15(2)21(22)24(26(32)33-7)35-27(3,4)5/h11-12,24H,8-10,13,29H2,1-7H3/t24-/m0/s1. The lowest BCUT2D eigenvalue weighted by Crippen LogP contribution is -2.29. The van der Waals surface area contributed by atoms with Gasteiger partial charge in [-0.2, -0.15) is 0 Å². The van der Waals surface area contributed by atoms with Crippen LogP contribution in [0.25, 0.3) is 22.2 Å². The summed E-state index contributed by atoms with van der Waals surface area (Å²) in [6, 6.07) is 3.46. The van der Waals surface area contributed by atoms with Gasteiger partial charge >= 0.3 is 5.97 Å². The van der Waals surface area contributed by atoms with E-state index >= 15 is 4.39 Å². The maximum absolute atomic E-state index is 15.4. The summed E-state index contributed by atoms with van der Waals surface area (Å²) in [5.74, 6) is -0.651. The SMILES string of the molecule is COC(=O)[C@@H](OC(C)(C)C)c1c(C)nc2c(cc(CN)n2C)c1-c1cc(F)c2c(c1C)CCCO2. The Kier molecular flexibility index (Phi) is 6.64. The number of pyridine rings is 1. The number of methoxy groups -OCH3 is 1. The van der Waals surface area contributed by atoms with Crippen LogP contribution in [0.5, 0.6) is 5.75 Å². The van der Waals surface area contributed by atoms with E-state index in [9.17, 15) is 4.79 Å². The minimum Gasteiger partial charge on any atom is -0.490 e. The van der Waals surface area contributed by atoms with E-state index in [2.05, 4.69) is 0 Å². The second kappa shape index (κ2) is 9.24. The molecule has 0 fully saturated rings. The molecule has 1 atom stereocenters. The normalized spacial score (nSPS) is 14.5. The molecule has 0 radical (unpaired) electrons. The summed E-state index contributed by atoms with van der Waals surface area (Å²) in [6.07, 6.45) is 0.480. The average Bonchev–Trinajstić information content (AvgIpc) is 3.13. The fourth-order valence-corrected chi connectivity index (χ4v) is 4.92. The second-order valence-corrected chi connectivity index (χ2v) is 10.0. The fourth-order valence-electron chi connectivity index (χ4n) is 4.92. The Hall–Kier alpha value is -2.97. The first kappa shape index (κ1) is 25.1. The summed E-state index contributed by atoms with van der Waals surface area (Å²) in [5.41, 5.74) is 11.2. The summed E-state index contributed by atoms with van der Waals surface area (Å²) in [5, 5.41) is 0.777. The van der Waals surface area contributed by atoms with E-state index in [1.54, 1.807) is 0 Å². The van der Waals surface area contributed by atoms with Crippen LogP contribution in [0.3, 0.4) is 0 Å². The Balaban J connectivity index is 2.14. The molecule has 188 valence electrons. The zero-order chi connectivity index (χ0) is 25.7. The van der Waals surface area contributed by atoms with Gasteiger partial charge in [-0.15, -0.1) is 0 Å². The van der Waals surface area contributed by atoms with Crippen LogP contribution in [0.4, 0.5) is 4.39 Å². The molecule has 3 aromatic rings. The number of aryl methyl sites for hydroxylation is 2. The van der Waals surface area contributed by atoms with Gasteiger partial charge in [0.1, 0.15) is 5.65 Å². The number of rotatable bonds is 5. The number of carbonyl (C=O) groups excluding carboxylic acids is 1. The van der Waals surface area contributed by atoms with Crippen LogP contribution in [0, 0.1) is 19.7 Å². The lowest BCUT2D eigenvalue weighted by Gasteiger charge is -2.29. The van der Waals surface area contributed by atoms with Gasteiger partial charge in [-0.25, -0.2) is 14.2 Å². The first-order valence-corrected chi connectivity index (χ1v) is 11.9. The van der Waals surface area contributed by atoms with E-state index in [4.69, 9.17) is 24.9 Å². The molecule has 1 aromatic carbocycles. The first-order chi connectivity index (χ1) is 16.5. The van der Waals surface area contributed by atoms with Gasteiger partial charge in [0.2, 0.25) is 0 Å². The molecule has 0 amide bonds. The Morgan fingerprint density at radius 3 is 2.66 bits per heavy atom. The van der Waals surface area contributed by atoms with Crippen LogP contribution < -0.4 is 10.5 Å². The molecule has 3 heterocycles. The van der Waals surface area contributed by atoms with Crippen molar-refractivity contribution in [3.05, 3.63) is 46.0 Å². The molecule has 0 saturated carbocycles. The average molecular weight is 484 g/mol. The Morgan fingerprint density at radius 2 is 2.03 bits per heavy atom. The van der Waals surface area contributed by atoms with Crippen LogP contribution in [0.1, 0.15) is 61.4 Å². The van der Waals surface area contributed by atoms with Gasteiger partial charge in [-0.3, -0.25) is 0 Å². The predicted molar refractivity (Wildman–Crippen MR) is 133 cm³/mol. The van der Waals surface area contributed by atoms with Crippen molar-refractivity contribution in [1.82, 2.24) is 9.55 Å². The summed E-state index contributed by atoms with van der Waals surface area (Å²) in [6.45, 7) is 10.2. The topological polar surface area (TPSA) is 88.6 Å². The second-order valence-electron chi connectivity index (χ2n) is 10.0. The summed E-state index contributed by atoms with van der Waals surface area (Å²) < 4.78 is 34.4. The molecule has 0 unspecified atom stereocenters. The highest BCUT2D eigenvalue weighted by atomic mass is 19.1. The third-order valence-electron chi connectivity index (χ3n) is 6.57. The smallest absolute Gasteiger partial charge is 0.339 e. The lowest BCUT2D eigenvalue weighted by atomic mass is 9.86. The molecule has 2 N–H and O–H groups in total. The Morgan fingerprint density at radius 1 is 1.31 bits per heavy atom. The quantitative estimate of drug-likeness (QED) is 0.524. The molecular formula is C27H34FN3O4. The highest BCUT2D eigenvalue weighted by molar-refractivity contribution is 5.99. The molecule has 2 aromatic heterocycles. The molecular weight excluding hydrogens is 449 g/mol. The number of hydrogen-bond donors (Lipinski definition) is 1.